The van der Waals surface area contributed by atoms with Crippen molar-refractivity contribution in [2.24, 2.45) is 0 Å². The molecule has 0 atom stereocenters. The van der Waals surface area contributed by atoms with Gasteiger partial charge < -0.3 is 15.1 Å². The van der Waals surface area contributed by atoms with Crippen molar-refractivity contribution in [3.05, 3.63) is 30.3 Å². The van der Waals surface area contributed by atoms with E-state index in [1.54, 1.807) is 24.1 Å². The van der Waals surface area contributed by atoms with Crippen molar-refractivity contribution in [2.45, 2.75) is 0 Å². The molecule has 1 aromatic rings. The Morgan fingerprint density at radius 3 is 2.44 bits per heavy atom. The van der Waals surface area contributed by atoms with E-state index in [1.807, 2.05) is 31.1 Å². The predicted octanol–water partition coefficient (Wildman–Crippen LogP) is 1.51. The van der Waals surface area contributed by atoms with E-state index in [-0.39, 0.29) is 6.03 Å². The fraction of sp³-hybridized carbons (Fsp3) is 0.417. The van der Waals surface area contributed by atoms with Gasteiger partial charge >= 0.3 is 6.03 Å². The lowest BCUT2D eigenvalue weighted by atomic mass is 10.3. The molecule has 4 heteroatoms. The largest absolute Gasteiger partial charge is 0.326 e. The number of amides is 2. The quantitative estimate of drug-likeness (QED) is 0.835. The van der Waals surface area contributed by atoms with Crippen LogP contribution in [0.4, 0.5) is 10.5 Å². The Hall–Kier alpha value is -1.55. The first kappa shape index (κ1) is 12.5. The molecule has 4 nitrogen and oxygen atoms in total. The van der Waals surface area contributed by atoms with Gasteiger partial charge in [0.15, 0.2) is 0 Å². The van der Waals surface area contributed by atoms with Crippen molar-refractivity contribution in [3.8, 4) is 0 Å². The summed E-state index contributed by atoms with van der Waals surface area (Å²) in [6.07, 6.45) is 0. The third-order valence-electron chi connectivity index (χ3n) is 2.20. The maximum Gasteiger partial charge on any atom is 0.321 e. The fourth-order valence-corrected chi connectivity index (χ4v) is 1.14. The molecule has 1 aromatic carbocycles. The second kappa shape index (κ2) is 6.12. The molecule has 1 N–H and O–H groups in total. The van der Waals surface area contributed by atoms with E-state index in [0.717, 1.165) is 12.2 Å². The van der Waals surface area contributed by atoms with Gasteiger partial charge in [0.25, 0.3) is 0 Å². The van der Waals surface area contributed by atoms with Crippen LogP contribution in [0.3, 0.4) is 0 Å². The molecule has 2 amide bonds. The Bertz CT molecular complexity index is 324. The lowest BCUT2D eigenvalue weighted by Gasteiger charge is -2.20. The van der Waals surface area contributed by atoms with E-state index in [4.69, 9.17) is 0 Å². The van der Waals surface area contributed by atoms with Crippen LogP contribution in [0, 0.1) is 6.07 Å². The number of benzene rings is 1. The molecule has 0 saturated heterocycles. The van der Waals surface area contributed by atoms with Gasteiger partial charge in [-0.2, -0.15) is 0 Å². The minimum absolute atomic E-state index is 0.0898. The van der Waals surface area contributed by atoms with Crippen LogP contribution in [-0.2, 0) is 0 Å². The van der Waals surface area contributed by atoms with E-state index in [1.165, 1.54) is 0 Å². The van der Waals surface area contributed by atoms with Gasteiger partial charge in [-0.25, -0.2) is 4.79 Å². The lowest BCUT2D eigenvalue weighted by Crippen LogP contribution is -2.36. The summed E-state index contributed by atoms with van der Waals surface area (Å²) in [5.74, 6) is 0. The van der Waals surface area contributed by atoms with Crippen molar-refractivity contribution in [1.82, 2.24) is 9.80 Å². The van der Waals surface area contributed by atoms with Crippen molar-refractivity contribution in [3.63, 3.8) is 0 Å². The molecule has 0 spiro atoms. The van der Waals surface area contributed by atoms with Crippen LogP contribution in [0.2, 0.25) is 0 Å². The molecule has 0 aromatic heterocycles. The highest BCUT2D eigenvalue weighted by Gasteiger charge is 2.07. The summed E-state index contributed by atoms with van der Waals surface area (Å²) in [6.45, 7) is 1.56. The minimum atomic E-state index is -0.0898. The second-order valence-electron chi connectivity index (χ2n) is 3.94. The third-order valence-corrected chi connectivity index (χ3v) is 2.20. The molecule has 1 radical (unpaired) electrons. The van der Waals surface area contributed by atoms with Gasteiger partial charge in [-0.05, 0) is 32.3 Å². The summed E-state index contributed by atoms with van der Waals surface area (Å²) in [5, 5.41) is 2.81. The van der Waals surface area contributed by atoms with Gasteiger partial charge in [0.05, 0.1) is 0 Å². The number of carbonyl (C=O) groups is 1. The summed E-state index contributed by atoms with van der Waals surface area (Å²) in [7, 11) is 5.76. The first-order valence-electron chi connectivity index (χ1n) is 5.22. The predicted molar refractivity (Wildman–Crippen MR) is 65.5 cm³/mol. The molecule has 0 heterocycles. The van der Waals surface area contributed by atoms with Crippen molar-refractivity contribution >= 4 is 11.7 Å². The van der Waals surface area contributed by atoms with E-state index >= 15 is 0 Å². The van der Waals surface area contributed by atoms with Crippen LogP contribution < -0.4 is 5.32 Å². The van der Waals surface area contributed by atoms with Crippen molar-refractivity contribution in [2.75, 3.05) is 39.5 Å². The first-order chi connectivity index (χ1) is 7.59. The van der Waals surface area contributed by atoms with E-state index in [0.29, 0.717) is 6.54 Å². The topological polar surface area (TPSA) is 35.6 Å². The highest BCUT2D eigenvalue weighted by molar-refractivity contribution is 5.89. The Morgan fingerprint density at radius 2 is 1.88 bits per heavy atom. The van der Waals surface area contributed by atoms with Crippen LogP contribution in [0.1, 0.15) is 0 Å². The van der Waals surface area contributed by atoms with E-state index in [2.05, 4.69) is 11.4 Å². The van der Waals surface area contributed by atoms with Crippen LogP contribution in [-0.4, -0.2) is 50.1 Å². The standard InChI is InChI=1S/C12H18N3O/c1-14(2)9-10-15(3)12(16)13-11-7-5-4-6-8-11/h5-8H,9-10H2,1-3H3,(H,13,16). The zero-order valence-electron chi connectivity index (χ0n) is 10.0. The maximum absolute atomic E-state index is 11.7. The first-order valence-corrected chi connectivity index (χ1v) is 5.22. The van der Waals surface area contributed by atoms with Crippen LogP contribution >= 0.6 is 0 Å². The number of hydrogen-bond donors (Lipinski definition) is 1. The number of carbonyl (C=O) groups excluding carboxylic acids is 1. The second-order valence-corrected chi connectivity index (χ2v) is 3.94. The Labute approximate surface area is 96.9 Å². The normalized spacial score (nSPS) is 10.2. The lowest BCUT2D eigenvalue weighted by molar-refractivity contribution is 0.217. The molecule has 16 heavy (non-hydrogen) atoms. The molecular weight excluding hydrogens is 202 g/mol. The molecule has 0 aliphatic carbocycles. The fourth-order valence-electron chi connectivity index (χ4n) is 1.14. The third kappa shape index (κ3) is 4.31. The summed E-state index contributed by atoms with van der Waals surface area (Å²) < 4.78 is 0. The van der Waals surface area contributed by atoms with Crippen LogP contribution in [0.15, 0.2) is 24.3 Å². The number of likely N-dealkylation sites (N-methyl/N-ethyl adjacent to an activating group) is 2. The Kier molecular flexibility index (Phi) is 4.79. The van der Waals surface area contributed by atoms with Crippen LogP contribution in [0.25, 0.3) is 0 Å². The number of rotatable bonds is 4. The van der Waals surface area contributed by atoms with Crippen molar-refractivity contribution < 1.29 is 4.79 Å². The van der Waals surface area contributed by atoms with Crippen LogP contribution in [0.5, 0.6) is 0 Å². The Balaban J connectivity index is 2.40. The number of nitrogens with one attached hydrogen (secondary N) is 1. The average Bonchev–Trinajstić information content (AvgIpc) is 2.27. The highest BCUT2D eigenvalue weighted by Crippen LogP contribution is 2.05. The molecular formula is C12H18N3O. The number of urea groups is 1. The van der Waals surface area contributed by atoms with Gasteiger partial charge in [0.1, 0.15) is 0 Å². The SMILES string of the molecule is CN(C)CCN(C)C(=O)Nc1cc[c]cc1. The maximum atomic E-state index is 11.7. The van der Waals surface area contributed by atoms with Gasteiger partial charge in [-0.15, -0.1) is 0 Å². The molecule has 1 rings (SSSR count). The molecule has 0 fully saturated rings. The molecule has 87 valence electrons. The summed E-state index contributed by atoms with van der Waals surface area (Å²) >= 11 is 0. The molecule has 0 aliphatic heterocycles. The molecule has 0 aliphatic rings. The molecule has 0 saturated carbocycles. The summed E-state index contributed by atoms with van der Waals surface area (Å²) in [5.41, 5.74) is 0.792. The summed E-state index contributed by atoms with van der Waals surface area (Å²) in [6, 6.07) is 9.99. The minimum Gasteiger partial charge on any atom is -0.326 e. The average molecular weight is 220 g/mol. The number of nitrogens with zero attached hydrogens (tertiary/aromatic N) is 2. The zero-order chi connectivity index (χ0) is 12.0. The number of hydrogen-bond acceptors (Lipinski definition) is 2. The Morgan fingerprint density at radius 1 is 1.25 bits per heavy atom. The van der Waals surface area contributed by atoms with Crippen molar-refractivity contribution in [1.29, 1.82) is 0 Å². The highest BCUT2D eigenvalue weighted by atomic mass is 16.2. The molecule has 0 unspecified atom stereocenters. The number of anilines is 1. The van der Waals surface area contributed by atoms with E-state index < -0.39 is 0 Å². The van der Waals surface area contributed by atoms with E-state index in [9.17, 15) is 4.79 Å². The van der Waals surface area contributed by atoms with Gasteiger partial charge in [-0.3, -0.25) is 0 Å². The van der Waals surface area contributed by atoms with Gasteiger partial charge in [-0.1, -0.05) is 12.1 Å². The smallest absolute Gasteiger partial charge is 0.321 e. The zero-order valence-corrected chi connectivity index (χ0v) is 10.0. The monoisotopic (exact) mass is 220 g/mol. The van der Waals surface area contributed by atoms with Gasteiger partial charge in [0, 0.05) is 25.8 Å². The van der Waals surface area contributed by atoms with Gasteiger partial charge in [0.2, 0.25) is 0 Å². The summed E-state index contributed by atoms with van der Waals surface area (Å²) in [4.78, 5) is 15.4. The molecule has 0 bridgehead atoms.